The zero-order chi connectivity index (χ0) is 27.1. The Kier molecular flexibility index (Phi) is 7.85. The number of hydrogen-bond acceptors (Lipinski definition) is 9. The standard InChI is InChI=1S/C25H21F4N9/c1-15(17-5-9-30-10-6-17)35-37-22-14-23(38-36-16(2)18-7-11-31-12-8-18)34-24(33-22)32-19-3-4-20(21(26)13-19)25(27,28)29/h3-14H,1-2H3,(H3,32,33,34,37,38). The lowest BCUT2D eigenvalue weighted by molar-refractivity contribution is -0.139. The van der Waals surface area contributed by atoms with Gasteiger partial charge in [-0.3, -0.25) is 20.8 Å². The van der Waals surface area contributed by atoms with Crippen molar-refractivity contribution >= 4 is 34.7 Å². The molecule has 3 heterocycles. The van der Waals surface area contributed by atoms with Gasteiger partial charge in [0.2, 0.25) is 5.95 Å². The summed E-state index contributed by atoms with van der Waals surface area (Å²) in [5, 5.41) is 11.3. The van der Waals surface area contributed by atoms with Gasteiger partial charge < -0.3 is 5.32 Å². The van der Waals surface area contributed by atoms with Gasteiger partial charge in [0.15, 0.2) is 11.6 Å². The van der Waals surface area contributed by atoms with Gasteiger partial charge in [0.1, 0.15) is 5.82 Å². The Balaban J connectivity index is 1.62. The summed E-state index contributed by atoms with van der Waals surface area (Å²) in [6, 6.07) is 11.1. The summed E-state index contributed by atoms with van der Waals surface area (Å²) in [5.41, 5.74) is 7.25. The van der Waals surface area contributed by atoms with E-state index in [1.165, 1.54) is 6.07 Å². The van der Waals surface area contributed by atoms with Gasteiger partial charge in [0.25, 0.3) is 0 Å². The molecule has 0 aliphatic heterocycles. The van der Waals surface area contributed by atoms with Crippen LogP contribution in [0.1, 0.15) is 30.5 Å². The summed E-state index contributed by atoms with van der Waals surface area (Å²) in [6.45, 7) is 3.57. The average molecular weight is 523 g/mol. The van der Waals surface area contributed by atoms with E-state index in [1.807, 2.05) is 0 Å². The van der Waals surface area contributed by atoms with Gasteiger partial charge in [-0.25, -0.2) is 4.39 Å². The van der Waals surface area contributed by atoms with Crippen LogP contribution in [0.4, 0.5) is 40.8 Å². The van der Waals surface area contributed by atoms with Crippen molar-refractivity contribution in [2.24, 2.45) is 10.2 Å². The monoisotopic (exact) mass is 523 g/mol. The molecular weight excluding hydrogens is 502 g/mol. The van der Waals surface area contributed by atoms with Crippen LogP contribution < -0.4 is 16.2 Å². The predicted octanol–water partition coefficient (Wildman–Crippen LogP) is 5.84. The molecule has 4 rings (SSSR count). The quantitative estimate of drug-likeness (QED) is 0.151. The van der Waals surface area contributed by atoms with Crippen LogP contribution in [0, 0.1) is 5.82 Å². The minimum Gasteiger partial charge on any atom is -0.324 e. The molecule has 0 aliphatic rings. The van der Waals surface area contributed by atoms with E-state index >= 15 is 0 Å². The molecule has 0 spiro atoms. The largest absolute Gasteiger partial charge is 0.419 e. The van der Waals surface area contributed by atoms with Crippen molar-refractivity contribution < 1.29 is 17.6 Å². The number of hydrazone groups is 2. The fourth-order valence-corrected chi connectivity index (χ4v) is 3.17. The number of aromatic nitrogens is 4. The summed E-state index contributed by atoms with van der Waals surface area (Å²) in [4.78, 5) is 16.5. The van der Waals surface area contributed by atoms with Crippen molar-refractivity contribution in [3.8, 4) is 0 Å². The van der Waals surface area contributed by atoms with Crippen LogP contribution in [0.25, 0.3) is 0 Å². The maximum absolute atomic E-state index is 14.1. The number of hydrogen-bond donors (Lipinski definition) is 3. The molecule has 4 aromatic rings. The van der Waals surface area contributed by atoms with Crippen LogP contribution in [0.15, 0.2) is 83.5 Å². The molecule has 1 aromatic carbocycles. The molecule has 194 valence electrons. The van der Waals surface area contributed by atoms with Crippen molar-refractivity contribution in [2.45, 2.75) is 20.0 Å². The molecular formula is C25H21F4N9. The van der Waals surface area contributed by atoms with Gasteiger partial charge in [-0.05, 0) is 56.3 Å². The lowest BCUT2D eigenvalue weighted by Crippen LogP contribution is -2.09. The molecule has 3 aromatic heterocycles. The first-order valence-corrected chi connectivity index (χ1v) is 11.1. The number of anilines is 4. The van der Waals surface area contributed by atoms with E-state index in [-0.39, 0.29) is 23.3 Å². The molecule has 13 heteroatoms. The van der Waals surface area contributed by atoms with E-state index in [9.17, 15) is 17.6 Å². The van der Waals surface area contributed by atoms with Gasteiger partial charge in [-0.1, -0.05) is 0 Å². The fourth-order valence-electron chi connectivity index (χ4n) is 3.17. The Labute approximate surface area is 214 Å². The highest BCUT2D eigenvalue weighted by atomic mass is 19.4. The number of halogens is 4. The zero-order valence-corrected chi connectivity index (χ0v) is 20.1. The van der Waals surface area contributed by atoms with Gasteiger partial charge in [-0.2, -0.15) is 33.3 Å². The summed E-state index contributed by atoms with van der Waals surface area (Å²) in [6.07, 6.45) is 1.73. The number of alkyl halides is 3. The maximum Gasteiger partial charge on any atom is 0.419 e. The number of pyridine rings is 2. The lowest BCUT2D eigenvalue weighted by atomic mass is 10.2. The highest BCUT2D eigenvalue weighted by Gasteiger charge is 2.33. The second-order valence-electron chi connectivity index (χ2n) is 7.87. The van der Waals surface area contributed by atoms with Crippen LogP contribution in [0.2, 0.25) is 0 Å². The lowest BCUT2D eigenvalue weighted by Gasteiger charge is -2.12. The highest BCUT2D eigenvalue weighted by molar-refractivity contribution is 5.99. The van der Waals surface area contributed by atoms with Crippen molar-refractivity contribution in [2.75, 3.05) is 16.2 Å². The Hall–Kier alpha value is -4.94. The smallest absolute Gasteiger partial charge is 0.324 e. The van der Waals surface area contributed by atoms with Gasteiger partial charge in [-0.15, -0.1) is 0 Å². The molecule has 0 unspecified atom stereocenters. The van der Waals surface area contributed by atoms with Gasteiger partial charge in [0, 0.05) is 47.7 Å². The molecule has 0 saturated carbocycles. The highest BCUT2D eigenvalue weighted by Crippen LogP contribution is 2.33. The molecule has 0 amide bonds. The molecule has 9 nitrogen and oxygen atoms in total. The molecule has 0 fully saturated rings. The van der Waals surface area contributed by atoms with E-state index in [4.69, 9.17) is 0 Å². The summed E-state index contributed by atoms with van der Waals surface area (Å²) in [5.74, 6) is -0.986. The molecule has 0 aliphatic carbocycles. The number of benzene rings is 1. The van der Waals surface area contributed by atoms with Crippen LogP contribution in [-0.4, -0.2) is 31.4 Å². The van der Waals surface area contributed by atoms with Crippen LogP contribution in [0.3, 0.4) is 0 Å². The van der Waals surface area contributed by atoms with Crippen molar-refractivity contribution in [3.05, 3.63) is 95.8 Å². The van der Waals surface area contributed by atoms with E-state index in [2.05, 4.69) is 46.3 Å². The Morgan fingerprint density at radius 1 is 0.737 bits per heavy atom. The van der Waals surface area contributed by atoms with Crippen molar-refractivity contribution in [1.82, 2.24) is 19.9 Å². The first-order valence-electron chi connectivity index (χ1n) is 11.1. The van der Waals surface area contributed by atoms with E-state index in [1.54, 1.807) is 62.9 Å². The summed E-state index contributed by atoms with van der Waals surface area (Å²) in [7, 11) is 0. The molecule has 0 saturated heterocycles. The topological polar surface area (TPSA) is 112 Å². The van der Waals surface area contributed by atoms with E-state index < -0.39 is 17.6 Å². The normalized spacial score (nSPS) is 12.3. The predicted molar refractivity (Wildman–Crippen MR) is 137 cm³/mol. The van der Waals surface area contributed by atoms with Crippen molar-refractivity contribution in [1.29, 1.82) is 0 Å². The van der Waals surface area contributed by atoms with Crippen LogP contribution >= 0.6 is 0 Å². The number of nitrogens with zero attached hydrogens (tertiary/aromatic N) is 6. The third-order valence-electron chi connectivity index (χ3n) is 5.13. The minimum absolute atomic E-state index is 0.0199. The molecule has 0 radical (unpaired) electrons. The summed E-state index contributed by atoms with van der Waals surface area (Å²) >= 11 is 0. The maximum atomic E-state index is 14.1. The number of nitrogens with one attached hydrogen (secondary N) is 3. The Morgan fingerprint density at radius 3 is 1.68 bits per heavy atom. The Morgan fingerprint density at radius 2 is 1.24 bits per heavy atom. The molecule has 38 heavy (non-hydrogen) atoms. The van der Waals surface area contributed by atoms with Gasteiger partial charge >= 0.3 is 6.18 Å². The third kappa shape index (κ3) is 6.84. The van der Waals surface area contributed by atoms with E-state index in [0.29, 0.717) is 17.5 Å². The number of rotatable bonds is 8. The second kappa shape index (κ2) is 11.4. The Bertz CT molecular complexity index is 1380. The van der Waals surface area contributed by atoms with Crippen molar-refractivity contribution in [3.63, 3.8) is 0 Å². The molecule has 3 N–H and O–H groups in total. The molecule has 0 atom stereocenters. The van der Waals surface area contributed by atoms with Gasteiger partial charge in [0.05, 0.1) is 17.0 Å². The van der Waals surface area contributed by atoms with Crippen LogP contribution in [-0.2, 0) is 6.18 Å². The average Bonchev–Trinajstić information content (AvgIpc) is 2.90. The SMILES string of the molecule is CC(=NNc1cc(NN=C(C)c2ccncc2)nc(Nc2ccc(C(F)(F)F)c(F)c2)n1)c1ccncc1. The zero-order valence-electron chi connectivity index (χ0n) is 20.1. The van der Waals surface area contributed by atoms with E-state index in [0.717, 1.165) is 23.3 Å². The second-order valence-corrected chi connectivity index (χ2v) is 7.87. The minimum atomic E-state index is -4.81. The first kappa shape index (κ1) is 26.1. The molecule has 0 bridgehead atoms. The fraction of sp³-hybridized carbons (Fsp3) is 0.120. The first-order chi connectivity index (χ1) is 18.2. The van der Waals surface area contributed by atoms with Crippen LogP contribution in [0.5, 0.6) is 0 Å². The summed E-state index contributed by atoms with van der Waals surface area (Å²) < 4.78 is 52.9. The third-order valence-corrected chi connectivity index (χ3v) is 5.13.